The van der Waals surface area contributed by atoms with Crippen LogP contribution in [0.15, 0.2) is 24.3 Å². The van der Waals surface area contributed by atoms with Crippen LogP contribution < -0.4 is 5.32 Å². The van der Waals surface area contributed by atoms with Gasteiger partial charge in [0.2, 0.25) is 0 Å². The Morgan fingerprint density at radius 2 is 2.07 bits per heavy atom. The number of cyclic esters (lactones) is 1. The molecule has 1 heterocycles. The molecule has 1 aromatic carbocycles. The largest absolute Gasteiger partial charge is 0.462 e. The molecular formula is C21H33NO6. The molecule has 7 heteroatoms. The predicted octanol–water partition coefficient (Wildman–Crippen LogP) is 3.49. The molecule has 1 amide bonds. The third kappa shape index (κ3) is 9.19. The maximum atomic E-state index is 11.9. The molecule has 2 N–H and O–H groups in total. The summed E-state index contributed by atoms with van der Waals surface area (Å²) in [7, 11) is 1.00. The molecule has 1 aromatic rings. The Bertz CT molecular complexity index is 626. The maximum absolute atomic E-state index is 11.9. The molecule has 0 aromatic heterocycles. The minimum atomic E-state index is -0.521. The van der Waals surface area contributed by atoms with E-state index in [1.807, 2.05) is 52.0 Å². The van der Waals surface area contributed by atoms with Gasteiger partial charge in [-0.3, -0.25) is 4.79 Å². The molecule has 7 nitrogen and oxygen atoms in total. The van der Waals surface area contributed by atoms with Gasteiger partial charge in [-0.2, -0.15) is 0 Å². The quantitative estimate of drug-likeness (QED) is 0.542. The monoisotopic (exact) mass is 395 g/mol. The van der Waals surface area contributed by atoms with E-state index in [-0.39, 0.29) is 18.1 Å². The smallest absolute Gasteiger partial charge is 0.408 e. The van der Waals surface area contributed by atoms with Gasteiger partial charge in [0.05, 0.1) is 19.3 Å². The summed E-state index contributed by atoms with van der Waals surface area (Å²) in [4.78, 5) is 23.0. The van der Waals surface area contributed by atoms with Crippen molar-refractivity contribution in [2.24, 2.45) is 0 Å². The van der Waals surface area contributed by atoms with Crippen molar-refractivity contribution >= 4 is 12.1 Å². The number of esters is 1. The number of nitrogens with one attached hydrogen (secondary N) is 1. The molecule has 1 aliphatic heterocycles. The number of aliphatic hydroxyl groups excluding tert-OH is 1. The van der Waals surface area contributed by atoms with E-state index in [1.165, 1.54) is 0 Å². The SMILES string of the molecule is CC(NC(=O)OC(C)(C)C)c1cccc(COCCC2CCC(=O)O2)c1.CO. The third-order valence-corrected chi connectivity index (χ3v) is 4.01. The first-order valence-electron chi connectivity index (χ1n) is 9.53. The molecule has 28 heavy (non-hydrogen) atoms. The van der Waals surface area contributed by atoms with Crippen LogP contribution in [0.25, 0.3) is 0 Å². The highest BCUT2D eigenvalue weighted by molar-refractivity contribution is 5.71. The summed E-state index contributed by atoms with van der Waals surface area (Å²) in [6, 6.07) is 7.74. The van der Waals surface area contributed by atoms with Gasteiger partial charge in [-0.1, -0.05) is 24.3 Å². The van der Waals surface area contributed by atoms with Crippen molar-refractivity contribution in [2.75, 3.05) is 13.7 Å². The molecule has 2 rings (SSSR count). The van der Waals surface area contributed by atoms with E-state index in [0.717, 1.165) is 31.1 Å². The number of carbonyl (C=O) groups is 2. The average Bonchev–Trinajstić information content (AvgIpc) is 3.04. The molecular weight excluding hydrogens is 362 g/mol. The molecule has 1 aliphatic rings. The van der Waals surface area contributed by atoms with Gasteiger partial charge < -0.3 is 24.6 Å². The molecule has 158 valence electrons. The molecule has 1 saturated heterocycles. The van der Waals surface area contributed by atoms with Crippen molar-refractivity contribution in [3.63, 3.8) is 0 Å². The summed E-state index contributed by atoms with van der Waals surface area (Å²) in [5.41, 5.74) is 1.50. The highest BCUT2D eigenvalue weighted by Gasteiger charge is 2.22. The van der Waals surface area contributed by atoms with Crippen molar-refractivity contribution in [1.82, 2.24) is 5.32 Å². The maximum Gasteiger partial charge on any atom is 0.408 e. The summed E-state index contributed by atoms with van der Waals surface area (Å²) in [5.74, 6) is -0.117. The standard InChI is InChI=1S/C20H29NO5.CH4O/c1-14(21-19(23)26-20(2,3)4)16-7-5-6-15(12-16)13-24-11-10-17-8-9-18(22)25-17;1-2/h5-7,12,14,17H,8-11,13H2,1-4H3,(H,21,23);2H,1H3. The molecule has 0 aliphatic carbocycles. The van der Waals surface area contributed by atoms with Crippen molar-refractivity contribution in [3.05, 3.63) is 35.4 Å². The zero-order valence-electron chi connectivity index (χ0n) is 17.5. The summed E-state index contributed by atoms with van der Waals surface area (Å²) in [6.45, 7) is 8.45. The normalized spacial score (nSPS) is 17.2. The van der Waals surface area contributed by atoms with E-state index >= 15 is 0 Å². The number of amides is 1. The summed E-state index contributed by atoms with van der Waals surface area (Å²) in [5, 5.41) is 9.84. The van der Waals surface area contributed by atoms with Gasteiger partial charge in [0.1, 0.15) is 11.7 Å². The fourth-order valence-corrected chi connectivity index (χ4v) is 2.71. The van der Waals surface area contributed by atoms with Crippen LogP contribution in [0.5, 0.6) is 0 Å². The zero-order valence-corrected chi connectivity index (χ0v) is 17.5. The lowest BCUT2D eigenvalue weighted by Gasteiger charge is -2.22. The van der Waals surface area contributed by atoms with E-state index < -0.39 is 11.7 Å². The number of carbonyl (C=O) groups excluding carboxylic acids is 2. The van der Waals surface area contributed by atoms with Crippen LogP contribution in [0.4, 0.5) is 4.79 Å². The lowest BCUT2D eigenvalue weighted by atomic mass is 10.1. The van der Waals surface area contributed by atoms with Crippen molar-refractivity contribution in [3.8, 4) is 0 Å². The molecule has 0 bridgehead atoms. The average molecular weight is 395 g/mol. The summed E-state index contributed by atoms with van der Waals surface area (Å²) >= 11 is 0. The Morgan fingerprint density at radius 1 is 1.36 bits per heavy atom. The second-order valence-corrected chi connectivity index (χ2v) is 7.60. The molecule has 0 saturated carbocycles. The highest BCUT2D eigenvalue weighted by atomic mass is 16.6. The fraction of sp³-hybridized carbons (Fsp3) is 0.619. The lowest BCUT2D eigenvalue weighted by Crippen LogP contribution is -2.34. The van der Waals surface area contributed by atoms with Gasteiger partial charge in [-0.15, -0.1) is 0 Å². The van der Waals surface area contributed by atoms with Crippen LogP contribution in [-0.2, 0) is 25.6 Å². The number of benzene rings is 1. The van der Waals surface area contributed by atoms with Gasteiger partial charge in [0, 0.05) is 20.0 Å². The zero-order chi connectivity index (χ0) is 21.2. The molecule has 0 radical (unpaired) electrons. The van der Waals surface area contributed by atoms with E-state index in [9.17, 15) is 9.59 Å². The second kappa shape index (κ2) is 11.7. The third-order valence-electron chi connectivity index (χ3n) is 4.01. The van der Waals surface area contributed by atoms with E-state index in [2.05, 4.69) is 5.32 Å². The van der Waals surface area contributed by atoms with Gasteiger partial charge in [0.25, 0.3) is 0 Å². The molecule has 1 fully saturated rings. The number of rotatable bonds is 7. The topological polar surface area (TPSA) is 94.1 Å². The van der Waals surface area contributed by atoms with Gasteiger partial charge in [-0.05, 0) is 45.2 Å². The Hall–Kier alpha value is -2.12. The van der Waals surface area contributed by atoms with Crippen molar-refractivity contribution < 1.29 is 28.9 Å². The number of aliphatic hydroxyl groups is 1. The summed E-state index contributed by atoms with van der Waals surface area (Å²) in [6.07, 6.45) is 1.58. The number of ether oxygens (including phenoxy) is 3. The summed E-state index contributed by atoms with van der Waals surface area (Å²) < 4.78 is 16.1. The number of alkyl carbamates (subject to hydrolysis) is 1. The first-order chi connectivity index (χ1) is 13.2. The van der Waals surface area contributed by atoms with Crippen LogP contribution in [0.2, 0.25) is 0 Å². The lowest BCUT2D eigenvalue weighted by molar-refractivity contribution is -0.141. The van der Waals surface area contributed by atoms with Crippen LogP contribution >= 0.6 is 0 Å². The number of hydrogen-bond acceptors (Lipinski definition) is 6. The van der Waals surface area contributed by atoms with E-state index in [4.69, 9.17) is 19.3 Å². The van der Waals surface area contributed by atoms with Crippen LogP contribution in [0.1, 0.15) is 64.1 Å². The van der Waals surface area contributed by atoms with Crippen LogP contribution in [-0.4, -0.2) is 42.6 Å². The fourth-order valence-electron chi connectivity index (χ4n) is 2.71. The van der Waals surface area contributed by atoms with Crippen LogP contribution in [0, 0.1) is 0 Å². The Labute approximate surface area is 167 Å². The Kier molecular flexibility index (Phi) is 9.96. The van der Waals surface area contributed by atoms with Crippen molar-refractivity contribution in [2.45, 2.75) is 71.3 Å². The Balaban J connectivity index is 0.00000190. The second-order valence-electron chi connectivity index (χ2n) is 7.60. The first kappa shape index (κ1) is 23.9. The molecule has 2 unspecified atom stereocenters. The van der Waals surface area contributed by atoms with Gasteiger partial charge in [0.15, 0.2) is 0 Å². The number of hydrogen-bond donors (Lipinski definition) is 2. The van der Waals surface area contributed by atoms with E-state index in [1.54, 1.807) is 0 Å². The highest BCUT2D eigenvalue weighted by Crippen LogP contribution is 2.18. The first-order valence-corrected chi connectivity index (χ1v) is 9.53. The Morgan fingerprint density at radius 3 is 2.68 bits per heavy atom. The minimum absolute atomic E-state index is 0.00751. The van der Waals surface area contributed by atoms with Crippen molar-refractivity contribution in [1.29, 1.82) is 0 Å². The van der Waals surface area contributed by atoms with Crippen LogP contribution in [0.3, 0.4) is 0 Å². The molecule has 0 spiro atoms. The molecule has 2 atom stereocenters. The van der Waals surface area contributed by atoms with Gasteiger partial charge >= 0.3 is 12.1 Å². The van der Waals surface area contributed by atoms with Gasteiger partial charge in [-0.25, -0.2) is 4.79 Å². The van der Waals surface area contributed by atoms with E-state index in [0.29, 0.717) is 19.6 Å². The minimum Gasteiger partial charge on any atom is -0.462 e. The predicted molar refractivity (Wildman–Crippen MR) is 106 cm³/mol.